The van der Waals surface area contributed by atoms with Crippen LogP contribution in [0.2, 0.25) is 0 Å². The first kappa shape index (κ1) is 18.1. The van der Waals surface area contributed by atoms with Gasteiger partial charge in [0.15, 0.2) is 0 Å². The SMILES string of the molecule is COC(=O)/C(=C(/O)CSc1ccc2ccccc2c1)c1nc2ccccc2[nH]1. The molecule has 4 aromatic rings. The molecule has 0 saturated heterocycles. The Hall–Kier alpha value is -3.25. The molecule has 0 atom stereocenters. The van der Waals surface area contributed by atoms with Crippen LogP contribution < -0.4 is 0 Å². The highest BCUT2D eigenvalue weighted by Crippen LogP contribution is 2.28. The lowest BCUT2D eigenvalue weighted by molar-refractivity contribution is -0.133. The number of fused-ring (bicyclic) bond motifs is 2. The second-order valence-electron chi connectivity index (χ2n) is 6.21. The van der Waals surface area contributed by atoms with Crippen LogP contribution in [0, 0.1) is 0 Å². The first-order valence-corrected chi connectivity index (χ1v) is 9.71. The molecular weight excluding hydrogens is 372 g/mol. The zero-order valence-corrected chi connectivity index (χ0v) is 16.0. The van der Waals surface area contributed by atoms with Crippen molar-refractivity contribution in [1.29, 1.82) is 0 Å². The number of hydrogen-bond donors (Lipinski definition) is 2. The Labute approximate surface area is 166 Å². The summed E-state index contributed by atoms with van der Waals surface area (Å²) >= 11 is 1.44. The number of aromatic amines is 1. The molecule has 4 rings (SSSR count). The third kappa shape index (κ3) is 3.59. The topological polar surface area (TPSA) is 75.2 Å². The molecule has 6 heteroatoms. The van der Waals surface area contributed by atoms with Crippen molar-refractivity contribution in [2.45, 2.75) is 4.90 Å². The number of aromatic nitrogens is 2. The number of hydrogen-bond acceptors (Lipinski definition) is 5. The monoisotopic (exact) mass is 390 g/mol. The Morgan fingerprint density at radius 3 is 2.61 bits per heavy atom. The van der Waals surface area contributed by atoms with Crippen LogP contribution in [0.25, 0.3) is 27.4 Å². The number of benzene rings is 3. The van der Waals surface area contributed by atoms with E-state index in [1.54, 1.807) is 0 Å². The summed E-state index contributed by atoms with van der Waals surface area (Å²) in [4.78, 5) is 20.8. The summed E-state index contributed by atoms with van der Waals surface area (Å²) in [5.41, 5.74) is 1.55. The quantitative estimate of drug-likeness (QED) is 0.218. The van der Waals surface area contributed by atoms with Gasteiger partial charge in [0.25, 0.3) is 0 Å². The lowest BCUT2D eigenvalue weighted by atomic mass is 10.1. The number of nitrogens with zero attached hydrogens (tertiary/aromatic N) is 1. The van der Waals surface area contributed by atoms with Gasteiger partial charge in [-0.1, -0.05) is 42.5 Å². The van der Waals surface area contributed by atoms with Gasteiger partial charge in [0, 0.05) is 4.90 Å². The average molecular weight is 390 g/mol. The van der Waals surface area contributed by atoms with Gasteiger partial charge in [0.1, 0.15) is 17.2 Å². The summed E-state index contributed by atoms with van der Waals surface area (Å²) in [6.45, 7) is 0. The van der Waals surface area contributed by atoms with Crippen LogP contribution in [0.15, 0.2) is 77.4 Å². The first-order valence-electron chi connectivity index (χ1n) is 8.73. The molecule has 0 aliphatic heterocycles. The van der Waals surface area contributed by atoms with Crippen molar-refractivity contribution in [2.75, 3.05) is 12.9 Å². The van der Waals surface area contributed by atoms with Crippen molar-refractivity contribution < 1.29 is 14.6 Å². The van der Waals surface area contributed by atoms with Crippen molar-refractivity contribution in [3.63, 3.8) is 0 Å². The first-order chi connectivity index (χ1) is 13.7. The number of nitrogens with one attached hydrogen (secondary N) is 1. The molecule has 140 valence electrons. The number of H-pyrrole nitrogens is 1. The largest absolute Gasteiger partial charge is 0.510 e. The van der Waals surface area contributed by atoms with Crippen molar-refractivity contribution >= 4 is 45.1 Å². The van der Waals surface area contributed by atoms with E-state index in [4.69, 9.17) is 4.74 Å². The number of ether oxygens (including phenoxy) is 1. The normalized spacial score (nSPS) is 12.2. The Bertz CT molecular complexity index is 1160. The van der Waals surface area contributed by atoms with Gasteiger partial charge in [-0.15, -0.1) is 11.8 Å². The standard InChI is InChI=1S/C22H18N2O3S/c1-27-22(26)20(21-23-17-8-4-5-9-18(17)24-21)19(25)13-28-16-11-10-14-6-2-3-7-15(14)12-16/h2-12,25H,13H2,1H3,(H,23,24)/b20-19+. The van der Waals surface area contributed by atoms with Crippen LogP contribution in [-0.4, -0.2) is 33.9 Å². The van der Waals surface area contributed by atoms with Crippen LogP contribution in [0.4, 0.5) is 0 Å². The predicted molar refractivity (Wildman–Crippen MR) is 112 cm³/mol. The van der Waals surface area contributed by atoms with Gasteiger partial charge in [-0.3, -0.25) is 0 Å². The molecule has 5 nitrogen and oxygen atoms in total. The van der Waals surface area contributed by atoms with E-state index in [1.165, 1.54) is 18.9 Å². The van der Waals surface area contributed by atoms with E-state index in [0.29, 0.717) is 11.3 Å². The zero-order chi connectivity index (χ0) is 19.5. The van der Waals surface area contributed by atoms with Gasteiger partial charge in [0.05, 0.1) is 23.9 Å². The van der Waals surface area contributed by atoms with Gasteiger partial charge in [-0.25, -0.2) is 9.78 Å². The predicted octanol–water partition coefficient (Wildman–Crippen LogP) is 4.95. The molecule has 0 spiro atoms. The lowest BCUT2D eigenvalue weighted by Crippen LogP contribution is -2.09. The third-order valence-corrected chi connectivity index (χ3v) is 5.41. The van der Waals surface area contributed by atoms with Crippen molar-refractivity contribution in [1.82, 2.24) is 9.97 Å². The molecule has 0 unspecified atom stereocenters. The molecular formula is C22H18N2O3S. The number of aliphatic hydroxyl groups excluding tert-OH is 1. The Morgan fingerprint density at radius 2 is 1.82 bits per heavy atom. The lowest BCUT2D eigenvalue weighted by Gasteiger charge is -2.08. The number of esters is 1. The van der Waals surface area contributed by atoms with Crippen molar-refractivity contribution in [3.05, 3.63) is 78.3 Å². The van der Waals surface area contributed by atoms with Gasteiger partial charge in [0.2, 0.25) is 0 Å². The smallest absolute Gasteiger partial charge is 0.345 e. The molecule has 0 saturated carbocycles. The summed E-state index contributed by atoms with van der Waals surface area (Å²) in [5, 5.41) is 12.9. The summed E-state index contributed by atoms with van der Waals surface area (Å²) in [7, 11) is 1.29. The summed E-state index contributed by atoms with van der Waals surface area (Å²) in [6.07, 6.45) is 0. The summed E-state index contributed by atoms with van der Waals surface area (Å²) in [6, 6.07) is 21.6. The average Bonchev–Trinajstić information content (AvgIpc) is 3.15. The van der Waals surface area contributed by atoms with Crippen LogP contribution >= 0.6 is 11.8 Å². The maximum Gasteiger partial charge on any atom is 0.345 e. The fourth-order valence-corrected chi connectivity index (χ4v) is 3.83. The van der Waals surface area contributed by atoms with Crippen LogP contribution in [0.5, 0.6) is 0 Å². The molecule has 0 aliphatic carbocycles. The fourth-order valence-electron chi connectivity index (χ4n) is 3.01. The molecule has 2 N–H and O–H groups in total. The third-order valence-electron chi connectivity index (χ3n) is 4.40. The highest BCUT2D eigenvalue weighted by molar-refractivity contribution is 7.99. The van der Waals surface area contributed by atoms with Gasteiger partial charge < -0.3 is 14.8 Å². The molecule has 1 aromatic heterocycles. The maximum atomic E-state index is 12.3. The molecule has 0 aliphatic rings. The Kier molecular flexibility index (Phi) is 5.04. The highest BCUT2D eigenvalue weighted by Gasteiger charge is 2.22. The fraction of sp³-hybridized carbons (Fsp3) is 0.0909. The second-order valence-corrected chi connectivity index (χ2v) is 7.26. The summed E-state index contributed by atoms with van der Waals surface area (Å²) in [5.74, 6) is -0.191. The molecule has 28 heavy (non-hydrogen) atoms. The number of carbonyl (C=O) groups is 1. The maximum absolute atomic E-state index is 12.3. The minimum Gasteiger partial charge on any atom is -0.510 e. The molecule has 0 fully saturated rings. The number of carbonyl (C=O) groups excluding carboxylic acids is 1. The van der Waals surface area contributed by atoms with E-state index in [9.17, 15) is 9.90 Å². The van der Waals surface area contributed by atoms with Crippen LogP contribution in [0.3, 0.4) is 0 Å². The molecule has 3 aromatic carbocycles. The molecule has 1 heterocycles. The Morgan fingerprint density at radius 1 is 1.07 bits per heavy atom. The molecule has 0 bridgehead atoms. The number of rotatable bonds is 5. The van der Waals surface area contributed by atoms with E-state index in [2.05, 4.69) is 22.1 Å². The van der Waals surface area contributed by atoms with Gasteiger partial charge >= 0.3 is 5.97 Å². The minimum absolute atomic E-state index is 0.0481. The number of methoxy groups -OCH3 is 1. The highest BCUT2D eigenvalue weighted by atomic mass is 32.2. The number of aliphatic hydroxyl groups is 1. The number of para-hydroxylation sites is 2. The number of imidazole rings is 1. The molecule has 0 amide bonds. The van der Waals surface area contributed by atoms with Gasteiger partial charge in [-0.2, -0.15) is 0 Å². The summed E-state index contributed by atoms with van der Waals surface area (Å²) < 4.78 is 4.87. The van der Waals surface area contributed by atoms with E-state index in [0.717, 1.165) is 21.2 Å². The van der Waals surface area contributed by atoms with Crippen molar-refractivity contribution in [3.8, 4) is 0 Å². The molecule has 0 radical (unpaired) electrons. The Balaban J connectivity index is 1.64. The zero-order valence-electron chi connectivity index (χ0n) is 15.2. The van der Waals surface area contributed by atoms with E-state index >= 15 is 0 Å². The van der Waals surface area contributed by atoms with Crippen LogP contribution in [-0.2, 0) is 9.53 Å². The second kappa shape index (κ2) is 7.78. The van der Waals surface area contributed by atoms with E-state index in [1.807, 2.05) is 54.6 Å². The van der Waals surface area contributed by atoms with Crippen molar-refractivity contribution in [2.24, 2.45) is 0 Å². The van der Waals surface area contributed by atoms with E-state index in [-0.39, 0.29) is 17.1 Å². The van der Waals surface area contributed by atoms with Gasteiger partial charge in [-0.05, 0) is 35.0 Å². The van der Waals surface area contributed by atoms with Crippen LogP contribution in [0.1, 0.15) is 5.82 Å². The van der Waals surface area contributed by atoms with E-state index < -0.39 is 5.97 Å². The minimum atomic E-state index is -0.629. The number of thioether (sulfide) groups is 1.